The van der Waals surface area contributed by atoms with Crippen LogP contribution in [-0.2, 0) is 24.3 Å². The standard InChI is InChI=1S/C19H21N3O2/c1-22-17-9-7-15(11-16(17)8-10-18(22)23)13-21-19(24)20-12-14-5-3-2-4-6-14/h2-7,9,11H,8,10,12-13H2,1H3,(H2,20,21,24). The number of nitrogens with zero attached hydrogens (tertiary/aromatic N) is 1. The Morgan fingerprint density at radius 3 is 2.46 bits per heavy atom. The lowest BCUT2D eigenvalue weighted by molar-refractivity contribution is -0.118. The first-order valence-electron chi connectivity index (χ1n) is 8.07. The summed E-state index contributed by atoms with van der Waals surface area (Å²) < 4.78 is 0. The molecule has 2 N–H and O–H groups in total. The van der Waals surface area contributed by atoms with E-state index < -0.39 is 0 Å². The molecule has 24 heavy (non-hydrogen) atoms. The molecule has 0 bridgehead atoms. The molecule has 0 saturated carbocycles. The summed E-state index contributed by atoms with van der Waals surface area (Å²) in [7, 11) is 1.80. The second kappa shape index (κ2) is 7.17. The number of benzene rings is 2. The van der Waals surface area contributed by atoms with Crippen LogP contribution in [0.2, 0.25) is 0 Å². The first-order valence-corrected chi connectivity index (χ1v) is 8.07. The molecule has 2 aromatic carbocycles. The van der Waals surface area contributed by atoms with Gasteiger partial charge in [-0.25, -0.2) is 4.79 Å². The van der Waals surface area contributed by atoms with Crippen molar-refractivity contribution in [3.05, 3.63) is 65.2 Å². The van der Waals surface area contributed by atoms with Gasteiger partial charge in [0.1, 0.15) is 0 Å². The summed E-state index contributed by atoms with van der Waals surface area (Å²) in [6.07, 6.45) is 1.30. The maximum atomic E-state index is 11.9. The molecule has 5 heteroatoms. The predicted molar refractivity (Wildman–Crippen MR) is 93.7 cm³/mol. The van der Waals surface area contributed by atoms with Crippen LogP contribution in [0.25, 0.3) is 0 Å². The average molecular weight is 323 g/mol. The molecule has 0 radical (unpaired) electrons. The lowest BCUT2D eigenvalue weighted by atomic mass is 9.99. The maximum Gasteiger partial charge on any atom is 0.315 e. The monoisotopic (exact) mass is 323 g/mol. The third kappa shape index (κ3) is 3.74. The molecule has 1 aliphatic heterocycles. The number of carbonyl (C=O) groups is 2. The molecular weight excluding hydrogens is 302 g/mol. The van der Waals surface area contributed by atoms with Crippen molar-refractivity contribution in [2.75, 3.05) is 11.9 Å². The van der Waals surface area contributed by atoms with Crippen LogP contribution in [0.1, 0.15) is 23.1 Å². The Hall–Kier alpha value is -2.82. The van der Waals surface area contributed by atoms with Crippen molar-refractivity contribution in [3.63, 3.8) is 0 Å². The minimum Gasteiger partial charge on any atom is -0.334 e. The molecule has 124 valence electrons. The molecule has 0 unspecified atom stereocenters. The Labute approximate surface area is 141 Å². The number of amides is 3. The van der Waals surface area contributed by atoms with Gasteiger partial charge in [0.15, 0.2) is 0 Å². The molecule has 0 aromatic heterocycles. The van der Waals surface area contributed by atoms with Gasteiger partial charge < -0.3 is 15.5 Å². The maximum absolute atomic E-state index is 11.9. The van der Waals surface area contributed by atoms with Gasteiger partial charge in [-0.1, -0.05) is 42.5 Å². The van der Waals surface area contributed by atoms with Gasteiger partial charge in [0.05, 0.1) is 0 Å². The molecule has 1 heterocycles. The average Bonchev–Trinajstić information content (AvgIpc) is 2.62. The van der Waals surface area contributed by atoms with Gasteiger partial charge in [0.25, 0.3) is 0 Å². The third-order valence-corrected chi connectivity index (χ3v) is 4.24. The highest BCUT2D eigenvalue weighted by Gasteiger charge is 2.20. The number of carbonyl (C=O) groups excluding carboxylic acids is 2. The van der Waals surface area contributed by atoms with E-state index in [1.54, 1.807) is 11.9 Å². The minimum atomic E-state index is -0.191. The van der Waals surface area contributed by atoms with Gasteiger partial charge in [0, 0.05) is 32.2 Å². The quantitative estimate of drug-likeness (QED) is 0.908. The summed E-state index contributed by atoms with van der Waals surface area (Å²) in [5.41, 5.74) is 4.21. The molecule has 1 aliphatic rings. The number of hydrogen-bond donors (Lipinski definition) is 2. The Kier molecular flexibility index (Phi) is 4.79. The van der Waals surface area contributed by atoms with Gasteiger partial charge in [0.2, 0.25) is 5.91 Å². The molecule has 0 aliphatic carbocycles. The number of hydrogen-bond acceptors (Lipinski definition) is 2. The summed E-state index contributed by atoms with van der Waals surface area (Å²) in [6, 6.07) is 15.6. The number of urea groups is 1. The zero-order valence-electron chi connectivity index (χ0n) is 13.7. The SMILES string of the molecule is CN1C(=O)CCc2cc(CNC(=O)NCc3ccccc3)ccc21. The van der Waals surface area contributed by atoms with Crippen molar-refractivity contribution in [3.8, 4) is 0 Å². The van der Waals surface area contributed by atoms with Crippen LogP contribution in [0.3, 0.4) is 0 Å². The summed E-state index contributed by atoms with van der Waals surface area (Å²) in [5, 5.41) is 5.71. The summed E-state index contributed by atoms with van der Waals surface area (Å²) in [4.78, 5) is 25.3. The highest BCUT2D eigenvalue weighted by Crippen LogP contribution is 2.27. The lowest BCUT2D eigenvalue weighted by Crippen LogP contribution is -2.34. The highest BCUT2D eigenvalue weighted by atomic mass is 16.2. The van der Waals surface area contributed by atoms with Gasteiger partial charge >= 0.3 is 6.03 Å². The van der Waals surface area contributed by atoms with Crippen molar-refractivity contribution in [1.29, 1.82) is 0 Å². The molecule has 0 spiro atoms. The highest BCUT2D eigenvalue weighted by molar-refractivity contribution is 5.95. The van der Waals surface area contributed by atoms with Crippen LogP contribution >= 0.6 is 0 Å². The molecule has 2 aromatic rings. The third-order valence-electron chi connectivity index (χ3n) is 4.24. The smallest absolute Gasteiger partial charge is 0.315 e. The first kappa shape index (κ1) is 16.1. The lowest BCUT2D eigenvalue weighted by Gasteiger charge is -2.26. The van der Waals surface area contributed by atoms with Crippen LogP contribution in [-0.4, -0.2) is 19.0 Å². The molecule has 0 atom stereocenters. The van der Waals surface area contributed by atoms with E-state index in [9.17, 15) is 9.59 Å². The summed E-state index contributed by atoms with van der Waals surface area (Å²) in [6.45, 7) is 0.968. The molecule has 5 nitrogen and oxygen atoms in total. The molecule has 0 fully saturated rings. The van der Waals surface area contributed by atoms with Gasteiger partial charge in [-0.2, -0.15) is 0 Å². The van der Waals surface area contributed by atoms with Crippen molar-refractivity contribution < 1.29 is 9.59 Å². The molecular formula is C19H21N3O2. The van der Waals surface area contributed by atoms with E-state index in [-0.39, 0.29) is 11.9 Å². The van der Waals surface area contributed by atoms with Crippen LogP contribution in [0.4, 0.5) is 10.5 Å². The fourth-order valence-electron chi connectivity index (χ4n) is 2.84. The Morgan fingerprint density at radius 1 is 1.00 bits per heavy atom. The van der Waals surface area contributed by atoms with Crippen LogP contribution < -0.4 is 15.5 Å². The fourth-order valence-corrected chi connectivity index (χ4v) is 2.84. The number of nitrogens with one attached hydrogen (secondary N) is 2. The van der Waals surface area contributed by atoms with E-state index in [1.807, 2.05) is 42.5 Å². The Bertz CT molecular complexity index is 744. The summed E-state index contributed by atoms with van der Waals surface area (Å²) in [5.74, 6) is 0.147. The van der Waals surface area contributed by atoms with E-state index in [0.29, 0.717) is 19.5 Å². The van der Waals surface area contributed by atoms with Crippen molar-refractivity contribution >= 4 is 17.6 Å². The zero-order chi connectivity index (χ0) is 16.9. The number of rotatable bonds is 4. The number of anilines is 1. The zero-order valence-corrected chi connectivity index (χ0v) is 13.7. The molecule has 3 rings (SSSR count). The molecule has 3 amide bonds. The second-order valence-electron chi connectivity index (χ2n) is 5.94. The number of fused-ring (bicyclic) bond motifs is 1. The fraction of sp³-hybridized carbons (Fsp3) is 0.263. The van der Waals surface area contributed by atoms with E-state index in [2.05, 4.69) is 16.7 Å². The number of aryl methyl sites for hydroxylation is 1. The van der Waals surface area contributed by atoms with E-state index in [0.717, 1.165) is 28.8 Å². The van der Waals surface area contributed by atoms with Crippen LogP contribution in [0, 0.1) is 0 Å². The van der Waals surface area contributed by atoms with Gasteiger partial charge in [-0.3, -0.25) is 4.79 Å². The van der Waals surface area contributed by atoms with Crippen LogP contribution in [0.5, 0.6) is 0 Å². The normalized spacial score (nSPS) is 13.4. The van der Waals surface area contributed by atoms with E-state index >= 15 is 0 Å². The first-order chi connectivity index (χ1) is 11.6. The van der Waals surface area contributed by atoms with Crippen molar-refractivity contribution in [1.82, 2.24) is 10.6 Å². The van der Waals surface area contributed by atoms with Gasteiger partial charge in [-0.15, -0.1) is 0 Å². The van der Waals surface area contributed by atoms with Crippen LogP contribution in [0.15, 0.2) is 48.5 Å². The largest absolute Gasteiger partial charge is 0.334 e. The second-order valence-corrected chi connectivity index (χ2v) is 5.94. The molecule has 0 saturated heterocycles. The van der Waals surface area contributed by atoms with Crippen molar-refractivity contribution in [2.24, 2.45) is 0 Å². The Morgan fingerprint density at radius 2 is 1.71 bits per heavy atom. The topological polar surface area (TPSA) is 61.4 Å². The van der Waals surface area contributed by atoms with E-state index in [4.69, 9.17) is 0 Å². The van der Waals surface area contributed by atoms with Crippen molar-refractivity contribution in [2.45, 2.75) is 25.9 Å². The van der Waals surface area contributed by atoms with E-state index in [1.165, 1.54) is 0 Å². The minimum absolute atomic E-state index is 0.147. The van der Waals surface area contributed by atoms with Gasteiger partial charge in [-0.05, 0) is 29.2 Å². The predicted octanol–water partition coefficient (Wildman–Crippen LogP) is 2.60. The Balaban J connectivity index is 1.53. The summed E-state index contributed by atoms with van der Waals surface area (Å²) >= 11 is 0.